The standard InChI is InChI=1S/C16H15N3O/c1-11(17)12-7-9-19-16(10-12)20-15-6-2-5-14-13(15)4-3-8-18-14/h2-11H,17H2,1H3. The molecule has 0 spiro atoms. The van der Waals surface area contributed by atoms with E-state index >= 15 is 0 Å². The van der Waals surface area contributed by atoms with Crippen molar-refractivity contribution < 1.29 is 4.74 Å². The van der Waals surface area contributed by atoms with Gasteiger partial charge in [0.05, 0.1) is 5.52 Å². The van der Waals surface area contributed by atoms with E-state index in [-0.39, 0.29) is 6.04 Å². The number of nitrogens with zero attached hydrogens (tertiary/aromatic N) is 2. The topological polar surface area (TPSA) is 61.0 Å². The summed E-state index contributed by atoms with van der Waals surface area (Å²) in [6.45, 7) is 1.93. The Labute approximate surface area is 117 Å². The van der Waals surface area contributed by atoms with Gasteiger partial charge in [-0.05, 0) is 42.8 Å². The van der Waals surface area contributed by atoms with Gasteiger partial charge in [-0.3, -0.25) is 4.98 Å². The summed E-state index contributed by atoms with van der Waals surface area (Å²) in [5.74, 6) is 1.28. The molecule has 0 aliphatic carbocycles. The quantitative estimate of drug-likeness (QED) is 0.788. The van der Waals surface area contributed by atoms with Gasteiger partial charge in [0.2, 0.25) is 5.88 Å². The molecule has 100 valence electrons. The Morgan fingerprint density at radius 1 is 1.05 bits per heavy atom. The van der Waals surface area contributed by atoms with E-state index in [1.165, 1.54) is 0 Å². The molecular weight excluding hydrogens is 250 g/mol. The fourth-order valence-corrected chi connectivity index (χ4v) is 2.04. The van der Waals surface area contributed by atoms with Gasteiger partial charge in [-0.2, -0.15) is 0 Å². The van der Waals surface area contributed by atoms with Crippen molar-refractivity contribution in [3.05, 3.63) is 60.4 Å². The first kappa shape index (κ1) is 12.6. The molecule has 0 saturated carbocycles. The van der Waals surface area contributed by atoms with Gasteiger partial charge in [0, 0.05) is 29.9 Å². The smallest absolute Gasteiger partial charge is 0.219 e. The number of hydrogen-bond donors (Lipinski definition) is 1. The third-order valence-electron chi connectivity index (χ3n) is 3.10. The number of pyridine rings is 2. The Kier molecular flexibility index (Phi) is 3.31. The maximum atomic E-state index is 5.88. The van der Waals surface area contributed by atoms with E-state index in [1.807, 2.05) is 49.4 Å². The molecule has 0 fully saturated rings. The molecule has 0 amide bonds. The average molecular weight is 265 g/mol. The van der Waals surface area contributed by atoms with Gasteiger partial charge in [-0.15, -0.1) is 0 Å². The number of benzene rings is 1. The minimum Gasteiger partial charge on any atom is -0.438 e. The van der Waals surface area contributed by atoms with E-state index < -0.39 is 0 Å². The third kappa shape index (κ3) is 2.46. The number of fused-ring (bicyclic) bond motifs is 1. The van der Waals surface area contributed by atoms with Gasteiger partial charge in [-0.1, -0.05) is 6.07 Å². The molecule has 0 radical (unpaired) electrons. The SMILES string of the molecule is CC(N)c1ccnc(Oc2cccc3ncccc23)c1. The maximum Gasteiger partial charge on any atom is 0.219 e. The predicted octanol–water partition coefficient (Wildman–Crippen LogP) is 3.44. The number of hydrogen-bond acceptors (Lipinski definition) is 4. The Balaban J connectivity index is 1.99. The summed E-state index contributed by atoms with van der Waals surface area (Å²) in [7, 11) is 0. The van der Waals surface area contributed by atoms with Crippen molar-refractivity contribution in [1.82, 2.24) is 9.97 Å². The minimum absolute atomic E-state index is 0.0467. The molecule has 0 bridgehead atoms. The van der Waals surface area contributed by atoms with E-state index in [1.54, 1.807) is 12.4 Å². The van der Waals surface area contributed by atoms with Crippen LogP contribution in [0.25, 0.3) is 10.9 Å². The highest BCUT2D eigenvalue weighted by Gasteiger charge is 2.06. The molecule has 1 atom stereocenters. The van der Waals surface area contributed by atoms with Crippen molar-refractivity contribution in [2.45, 2.75) is 13.0 Å². The Morgan fingerprint density at radius 2 is 1.95 bits per heavy atom. The highest BCUT2D eigenvalue weighted by atomic mass is 16.5. The molecule has 0 saturated heterocycles. The average Bonchev–Trinajstić information content (AvgIpc) is 2.48. The largest absolute Gasteiger partial charge is 0.438 e. The van der Waals surface area contributed by atoms with Crippen LogP contribution in [-0.2, 0) is 0 Å². The van der Waals surface area contributed by atoms with Crippen LogP contribution in [0.4, 0.5) is 0 Å². The second-order valence-corrected chi connectivity index (χ2v) is 4.64. The van der Waals surface area contributed by atoms with Gasteiger partial charge in [0.15, 0.2) is 0 Å². The third-order valence-corrected chi connectivity index (χ3v) is 3.10. The second-order valence-electron chi connectivity index (χ2n) is 4.64. The summed E-state index contributed by atoms with van der Waals surface area (Å²) in [6, 6.07) is 13.4. The van der Waals surface area contributed by atoms with Gasteiger partial charge in [-0.25, -0.2) is 4.98 Å². The molecule has 1 aromatic carbocycles. The summed E-state index contributed by atoms with van der Waals surface area (Å²) in [4.78, 5) is 8.53. The van der Waals surface area contributed by atoms with Gasteiger partial charge in [0.25, 0.3) is 0 Å². The highest BCUT2D eigenvalue weighted by Crippen LogP contribution is 2.28. The number of ether oxygens (including phenoxy) is 1. The second kappa shape index (κ2) is 5.27. The normalized spacial score (nSPS) is 12.3. The van der Waals surface area contributed by atoms with Crippen LogP contribution in [0.5, 0.6) is 11.6 Å². The van der Waals surface area contributed by atoms with Gasteiger partial charge in [0.1, 0.15) is 5.75 Å². The Hall–Kier alpha value is -2.46. The van der Waals surface area contributed by atoms with Crippen molar-refractivity contribution in [2.24, 2.45) is 5.73 Å². The zero-order chi connectivity index (χ0) is 13.9. The van der Waals surface area contributed by atoms with E-state index in [0.29, 0.717) is 5.88 Å². The number of aromatic nitrogens is 2. The van der Waals surface area contributed by atoms with Crippen molar-refractivity contribution >= 4 is 10.9 Å². The monoisotopic (exact) mass is 265 g/mol. The highest BCUT2D eigenvalue weighted by molar-refractivity contribution is 5.85. The molecule has 2 aromatic heterocycles. The van der Waals surface area contributed by atoms with Crippen LogP contribution in [0, 0.1) is 0 Å². The Bertz CT molecular complexity index is 735. The lowest BCUT2D eigenvalue weighted by Gasteiger charge is -2.10. The minimum atomic E-state index is -0.0467. The van der Waals surface area contributed by atoms with Crippen molar-refractivity contribution in [2.75, 3.05) is 0 Å². The molecule has 4 nitrogen and oxygen atoms in total. The molecule has 2 heterocycles. The van der Waals surface area contributed by atoms with Crippen LogP contribution in [0.1, 0.15) is 18.5 Å². The van der Waals surface area contributed by atoms with Crippen LogP contribution in [0.2, 0.25) is 0 Å². The fraction of sp³-hybridized carbons (Fsp3) is 0.125. The molecule has 20 heavy (non-hydrogen) atoms. The predicted molar refractivity (Wildman–Crippen MR) is 78.7 cm³/mol. The zero-order valence-electron chi connectivity index (χ0n) is 11.2. The summed E-state index contributed by atoms with van der Waals surface area (Å²) in [5, 5.41) is 0.961. The van der Waals surface area contributed by atoms with Crippen LogP contribution in [0.15, 0.2) is 54.9 Å². The zero-order valence-corrected chi connectivity index (χ0v) is 11.2. The molecule has 0 aliphatic heterocycles. The van der Waals surface area contributed by atoms with Gasteiger partial charge >= 0.3 is 0 Å². The Morgan fingerprint density at radius 3 is 2.80 bits per heavy atom. The molecule has 4 heteroatoms. The van der Waals surface area contributed by atoms with Crippen LogP contribution in [0.3, 0.4) is 0 Å². The summed E-state index contributed by atoms with van der Waals surface area (Å²) < 4.78 is 5.88. The van der Waals surface area contributed by atoms with Gasteiger partial charge < -0.3 is 10.5 Å². The molecule has 0 aliphatic rings. The first-order valence-electron chi connectivity index (χ1n) is 6.47. The van der Waals surface area contributed by atoms with Crippen LogP contribution < -0.4 is 10.5 Å². The van der Waals surface area contributed by atoms with E-state index in [9.17, 15) is 0 Å². The fourth-order valence-electron chi connectivity index (χ4n) is 2.04. The van der Waals surface area contributed by atoms with Crippen LogP contribution in [-0.4, -0.2) is 9.97 Å². The number of rotatable bonds is 3. The lowest BCUT2D eigenvalue weighted by atomic mass is 10.1. The molecular formula is C16H15N3O. The van der Waals surface area contributed by atoms with E-state index in [4.69, 9.17) is 10.5 Å². The van der Waals surface area contributed by atoms with Crippen molar-refractivity contribution in [1.29, 1.82) is 0 Å². The van der Waals surface area contributed by atoms with Crippen molar-refractivity contribution in [3.8, 4) is 11.6 Å². The first-order valence-corrected chi connectivity index (χ1v) is 6.47. The lowest BCUT2D eigenvalue weighted by Crippen LogP contribution is -2.05. The molecule has 3 rings (SSSR count). The number of nitrogens with two attached hydrogens (primary N) is 1. The summed E-state index contributed by atoms with van der Waals surface area (Å²) in [6.07, 6.45) is 3.47. The van der Waals surface area contributed by atoms with E-state index in [0.717, 1.165) is 22.2 Å². The lowest BCUT2D eigenvalue weighted by molar-refractivity contribution is 0.466. The molecule has 2 N–H and O–H groups in total. The maximum absolute atomic E-state index is 5.88. The van der Waals surface area contributed by atoms with E-state index in [2.05, 4.69) is 9.97 Å². The molecule has 3 aromatic rings. The summed E-state index contributed by atoms with van der Waals surface area (Å²) in [5.41, 5.74) is 7.76. The molecule has 1 unspecified atom stereocenters. The summed E-state index contributed by atoms with van der Waals surface area (Å²) >= 11 is 0. The van der Waals surface area contributed by atoms with Crippen molar-refractivity contribution in [3.63, 3.8) is 0 Å². The van der Waals surface area contributed by atoms with Crippen LogP contribution >= 0.6 is 0 Å². The first-order chi connectivity index (χ1) is 9.74.